The van der Waals surface area contributed by atoms with E-state index in [1.807, 2.05) is 24.3 Å². The minimum atomic E-state index is 0.992. The Morgan fingerprint density at radius 1 is 0.556 bits per heavy atom. The fraction of sp³-hybridized carbons (Fsp3) is 0. The van der Waals surface area contributed by atoms with Crippen LogP contribution in [0.1, 0.15) is 0 Å². The van der Waals surface area contributed by atoms with Gasteiger partial charge in [-0.15, -0.1) is 0 Å². The van der Waals surface area contributed by atoms with Crippen LogP contribution in [0.5, 0.6) is 0 Å². The maximum absolute atomic E-state index is 5.78. The van der Waals surface area contributed by atoms with Gasteiger partial charge in [-0.25, -0.2) is 0 Å². The summed E-state index contributed by atoms with van der Waals surface area (Å²) in [5.74, 6) is 0. The lowest BCUT2D eigenvalue weighted by Gasteiger charge is -2.15. The predicted molar refractivity (Wildman–Crippen MR) is 83.7 cm³/mol. The number of fused-ring (bicyclic) bond motifs is 3. The molecule has 0 fully saturated rings. The van der Waals surface area contributed by atoms with Crippen molar-refractivity contribution >= 4 is 62.3 Å². The molecule has 0 aromatic heterocycles. The molecular weight excluding hydrogens is 211 g/mol. The minimum Gasteiger partial charge on any atom is -0.0966 e. The van der Waals surface area contributed by atoms with Crippen LogP contribution in [-0.4, -0.2) is 29.8 Å². The van der Waals surface area contributed by atoms with E-state index < -0.39 is 0 Å². The highest BCUT2D eigenvalue weighted by atomic mass is 14.1. The minimum absolute atomic E-state index is 0.992. The van der Waals surface area contributed by atoms with Crippen LogP contribution >= 0.6 is 0 Å². The second-order valence-electron chi connectivity index (χ2n) is 4.25. The Morgan fingerprint density at radius 3 is 1.22 bits per heavy atom. The summed E-state index contributed by atoms with van der Waals surface area (Å²) in [6.45, 7) is 0. The number of hydrogen-bond donors (Lipinski definition) is 0. The van der Waals surface area contributed by atoms with Crippen molar-refractivity contribution in [3.63, 3.8) is 0 Å². The van der Waals surface area contributed by atoms with Crippen LogP contribution in [0.4, 0.5) is 0 Å². The fourth-order valence-corrected chi connectivity index (χ4v) is 2.55. The Hall–Kier alpha value is -1.56. The largest absolute Gasteiger partial charge is 0.0966 e. The van der Waals surface area contributed by atoms with Crippen LogP contribution in [-0.2, 0) is 0 Å². The highest BCUT2D eigenvalue weighted by Crippen LogP contribution is 2.22. The second-order valence-corrected chi connectivity index (χ2v) is 4.25. The van der Waals surface area contributed by atoms with Crippen molar-refractivity contribution in [1.29, 1.82) is 0 Å². The zero-order valence-corrected chi connectivity index (χ0v) is 9.93. The lowest BCUT2D eigenvalue weighted by Crippen LogP contribution is -2.37. The topological polar surface area (TPSA) is 0 Å². The second kappa shape index (κ2) is 4.61. The molecule has 0 atom stereocenters. The van der Waals surface area contributed by atoms with Crippen LogP contribution < -0.4 is 10.9 Å². The maximum atomic E-state index is 5.78. The van der Waals surface area contributed by atoms with Crippen molar-refractivity contribution in [1.82, 2.24) is 0 Å². The molecule has 0 bridgehead atoms. The van der Waals surface area contributed by atoms with Gasteiger partial charge in [0.15, 0.2) is 0 Å². The number of benzene rings is 3. The molecule has 0 saturated heterocycles. The molecular formula is C14H8B4. The van der Waals surface area contributed by atoms with Crippen molar-refractivity contribution in [2.75, 3.05) is 0 Å². The van der Waals surface area contributed by atoms with Crippen molar-refractivity contribution in [2.24, 2.45) is 0 Å². The van der Waals surface area contributed by atoms with Crippen molar-refractivity contribution in [2.45, 2.75) is 0 Å². The van der Waals surface area contributed by atoms with Crippen molar-refractivity contribution in [3.8, 4) is 0 Å². The zero-order valence-electron chi connectivity index (χ0n) is 9.93. The van der Waals surface area contributed by atoms with Gasteiger partial charge >= 0.3 is 0 Å². The van der Waals surface area contributed by atoms with Crippen molar-refractivity contribution < 1.29 is 0 Å². The standard InChI is InChI=1S/C14H8B4/c15-17-13-11-7-3-1-5-9(11)10-6-2-4-8-12(10)14(13)18-16/h1-8H. The van der Waals surface area contributed by atoms with Gasteiger partial charge in [-0.2, -0.15) is 0 Å². The fourth-order valence-electron chi connectivity index (χ4n) is 2.55. The highest BCUT2D eigenvalue weighted by molar-refractivity contribution is 7.06. The van der Waals surface area contributed by atoms with Crippen LogP contribution in [0.3, 0.4) is 0 Å². The van der Waals surface area contributed by atoms with Gasteiger partial charge in [-0.1, -0.05) is 59.5 Å². The van der Waals surface area contributed by atoms with E-state index in [1.165, 1.54) is 10.8 Å². The van der Waals surface area contributed by atoms with E-state index in [9.17, 15) is 0 Å². The third-order valence-corrected chi connectivity index (χ3v) is 3.35. The SMILES string of the molecule is [B][B]c1c([B][B])c2ccccc2c2ccccc12. The highest BCUT2D eigenvalue weighted by Gasteiger charge is 2.10. The third-order valence-electron chi connectivity index (χ3n) is 3.35. The number of hydrogen-bond acceptors (Lipinski definition) is 0. The Bertz CT molecular complexity index is 659. The molecule has 4 heteroatoms. The molecule has 0 N–H and O–H groups in total. The maximum Gasteiger partial charge on any atom is 0.0957 e. The predicted octanol–water partition coefficient (Wildman–Crippen LogP) is 0.819. The molecule has 0 amide bonds. The van der Waals surface area contributed by atoms with Gasteiger partial charge in [0.2, 0.25) is 0 Å². The molecule has 0 spiro atoms. The summed E-state index contributed by atoms with van der Waals surface area (Å²) in [5, 5.41) is 4.68. The average Bonchev–Trinajstić information content (AvgIpc) is 2.45. The molecule has 6 radical (unpaired) electrons. The van der Waals surface area contributed by atoms with Crippen LogP contribution in [0.2, 0.25) is 0 Å². The molecule has 0 aliphatic rings. The molecule has 76 valence electrons. The summed E-state index contributed by atoms with van der Waals surface area (Å²) >= 11 is 0. The monoisotopic (exact) mass is 220 g/mol. The third kappa shape index (κ3) is 1.59. The van der Waals surface area contributed by atoms with Gasteiger partial charge in [-0.3, -0.25) is 0 Å². The van der Waals surface area contributed by atoms with Gasteiger partial charge in [-0.05, 0) is 21.5 Å². The Labute approximate surface area is 111 Å². The first kappa shape index (κ1) is 11.5. The first-order valence-corrected chi connectivity index (χ1v) is 5.90. The summed E-state index contributed by atoms with van der Waals surface area (Å²) in [5.41, 5.74) is 1.98. The quantitative estimate of drug-likeness (QED) is 0.442. The van der Waals surface area contributed by atoms with E-state index in [0.717, 1.165) is 21.7 Å². The summed E-state index contributed by atoms with van der Waals surface area (Å²) in [4.78, 5) is 0. The first-order chi connectivity index (χ1) is 8.86. The average molecular weight is 219 g/mol. The van der Waals surface area contributed by atoms with E-state index in [0.29, 0.717) is 0 Å². The molecule has 0 nitrogen and oxygen atoms in total. The Kier molecular flexibility index (Phi) is 2.95. The normalized spacial score (nSPS) is 10.7. The van der Waals surface area contributed by atoms with Gasteiger partial charge < -0.3 is 0 Å². The molecule has 3 aromatic rings. The zero-order chi connectivity index (χ0) is 12.5. The van der Waals surface area contributed by atoms with Gasteiger partial charge in [0.1, 0.15) is 0 Å². The van der Waals surface area contributed by atoms with E-state index in [4.69, 9.17) is 15.5 Å². The molecule has 0 aliphatic carbocycles. The van der Waals surface area contributed by atoms with E-state index >= 15 is 0 Å². The Morgan fingerprint density at radius 2 is 0.889 bits per heavy atom. The lowest BCUT2D eigenvalue weighted by atomic mass is 9.40. The summed E-state index contributed by atoms with van der Waals surface area (Å²) < 4.78 is 0. The van der Waals surface area contributed by atoms with E-state index in [2.05, 4.69) is 24.3 Å². The molecule has 0 heterocycles. The van der Waals surface area contributed by atoms with Crippen LogP contribution in [0.25, 0.3) is 21.5 Å². The Balaban J connectivity index is 2.61. The van der Waals surface area contributed by atoms with E-state index in [-0.39, 0.29) is 0 Å². The van der Waals surface area contributed by atoms with E-state index in [1.54, 1.807) is 14.3 Å². The smallest absolute Gasteiger partial charge is 0.0957 e. The van der Waals surface area contributed by atoms with Gasteiger partial charge in [0.25, 0.3) is 0 Å². The van der Waals surface area contributed by atoms with Crippen LogP contribution in [0, 0.1) is 0 Å². The first-order valence-electron chi connectivity index (χ1n) is 5.90. The van der Waals surface area contributed by atoms with Crippen molar-refractivity contribution in [3.05, 3.63) is 48.5 Å². The summed E-state index contributed by atoms with van der Waals surface area (Å²) in [6.07, 6.45) is 0. The molecule has 18 heavy (non-hydrogen) atoms. The van der Waals surface area contributed by atoms with Gasteiger partial charge in [0, 0.05) is 15.5 Å². The summed E-state index contributed by atoms with van der Waals surface area (Å²) in [6, 6.07) is 16.5. The molecule has 3 aromatic carbocycles. The molecule has 0 unspecified atom stereocenters. The number of rotatable bonds is 2. The van der Waals surface area contributed by atoms with Gasteiger partial charge in [0.05, 0.1) is 14.3 Å². The molecule has 0 saturated carbocycles. The molecule has 3 rings (SSSR count). The molecule has 0 aliphatic heterocycles. The lowest BCUT2D eigenvalue weighted by molar-refractivity contribution is 1.80. The van der Waals surface area contributed by atoms with Crippen LogP contribution in [0.15, 0.2) is 48.5 Å². The summed E-state index contributed by atoms with van der Waals surface area (Å²) in [7, 11) is 14.8.